The topological polar surface area (TPSA) is 81.1 Å². The van der Waals surface area contributed by atoms with E-state index in [-0.39, 0.29) is 0 Å². The molecule has 5 N–H and O–H groups in total. The van der Waals surface area contributed by atoms with Crippen LogP contribution in [-0.4, -0.2) is 12.2 Å². The number of amides is 1. The lowest BCUT2D eigenvalue weighted by molar-refractivity contribution is 0.100. The summed E-state index contributed by atoms with van der Waals surface area (Å²) in [5.74, 6) is -0.528. The molecule has 0 radical (unpaired) electrons. The molecule has 0 unspecified atom stereocenters. The zero-order chi connectivity index (χ0) is 13.8. The Morgan fingerprint density at radius 2 is 1.79 bits per heavy atom. The van der Waals surface area contributed by atoms with Gasteiger partial charge in [0.1, 0.15) is 0 Å². The zero-order valence-electron chi connectivity index (χ0n) is 10.5. The number of hydrogen-bond donors (Lipinski definition) is 3. The zero-order valence-corrected chi connectivity index (χ0v) is 11.3. The van der Waals surface area contributed by atoms with Crippen LogP contribution in [0.5, 0.6) is 0 Å². The minimum atomic E-state index is -0.528. The van der Waals surface area contributed by atoms with Gasteiger partial charge in [0.15, 0.2) is 0 Å². The minimum absolute atomic E-state index is 0.326. The van der Waals surface area contributed by atoms with Crippen LogP contribution in [0.4, 0.5) is 17.1 Å². The summed E-state index contributed by atoms with van der Waals surface area (Å²) in [6, 6.07) is 13.1. The highest BCUT2D eigenvalue weighted by atomic mass is 32.2. The second-order valence-corrected chi connectivity index (χ2v) is 4.80. The van der Waals surface area contributed by atoms with Crippen molar-refractivity contribution in [3.05, 3.63) is 48.0 Å². The fourth-order valence-corrected chi connectivity index (χ4v) is 2.34. The van der Waals surface area contributed by atoms with Crippen LogP contribution < -0.4 is 16.8 Å². The first kappa shape index (κ1) is 13.3. The predicted octanol–water partition coefficient (Wildman–Crippen LogP) is 2.83. The third-order valence-corrected chi connectivity index (χ3v) is 3.54. The Balaban J connectivity index is 2.39. The molecule has 0 aliphatic rings. The molecule has 19 heavy (non-hydrogen) atoms. The highest BCUT2D eigenvalue weighted by Gasteiger charge is 2.10. The summed E-state index contributed by atoms with van der Waals surface area (Å²) in [7, 11) is 0. The van der Waals surface area contributed by atoms with E-state index in [1.165, 1.54) is 0 Å². The Labute approximate surface area is 116 Å². The van der Waals surface area contributed by atoms with Crippen molar-refractivity contribution in [1.82, 2.24) is 0 Å². The Kier molecular flexibility index (Phi) is 3.97. The molecule has 0 saturated heterocycles. The monoisotopic (exact) mass is 273 g/mol. The summed E-state index contributed by atoms with van der Waals surface area (Å²) in [6.45, 7) is 0. The highest BCUT2D eigenvalue weighted by molar-refractivity contribution is 7.98. The lowest BCUT2D eigenvalue weighted by Gasteiger charge is -2.13. The number of hydrogen-bond acceptors (Lipinski definition) is 4. The van der Waals surface area contributed by atoms with Crippen molar-refractivity contribution < 1.29 is 4.79 Å². The molecule has 0 aliphatic carbocycles. The van der Waals surface area contributed by atoms with Crippen molar-refractivity contribution >= 4 is 34.7 Å². The Morgan fingerprint density at radius 3 is 2.47 bits per heavy atom. The molecule has 0 aliphatic heterocycles. The van der Waals surface area contributed by atoms with Gasteiger partial charge in [-0.05, 0) is 30.5 Å². The first-order valence-corrected chi connectivity index (χ1v) is 6.94. The molecule has 0 atom stereocenters. The Morgan fingerprint density at radius 1 is 1.11 bits per heavy atom. The molecular formula is C14H15N3OS. The van der Waals surface area contributed by atoms with E-state index in [9.17, 15) is 4.79 Å². The van der Waals surface area contributed by atoms with Gasteiger partial charge in [-0.2, -0.15) is 0 Å². The molecule has 98 valence electrons. The van der Waals surface area contributed by atoms with Gasteiger partial charge in [0, 0.05) is 4.90 Å². The molecule has 0 heterocycles. The number of anilines is 3. The lowest BCUT2D eigenvalue weighted by Crippen LogP contribution is -2.14. The van der Waals surface area contributed by atoms with E-state index in [0.717, 1.165) is 10.6 Å². The van der Waals surface area contributed by atoms with Gasteiger partial charge < -0.3 is 16.8 Å². The van der Waals surface area contributed by atoms with Gasteiger partial charge in [-0.25, -0.2) is 0 Å². The molecule has 0 bridgehead atoms. The number of rotatable bonds is 4. The third-order valence-electron chi connectivity index (χ3n) is 2.75. The molecular weight excluding hydrogens is 258 g/mol. The second kappa shape index (κ2) is 5.67. The molecule has 2 rings (SSSR count). The van der Waals surface area contributed by atoms with E-state index in [4.69, 9.17) is 11.5 Å². The first-order valence-electron chi connectivity index (χ1n) is 5.72. The van der Waals surface area contributed by atoms with E-state index in [0.29, 0.717) is 16.9 Å². The summed E-state index contributed by atoms with van der Waals surface area (Å²) < 4.78 is 0. The van der Waals surface area contributed by atoms with Crippen LogP contribution in [0.15, 0.2) is 47.4 Å². The largest absolute Gasteiger partial charge is 0.396 e. The molecule has 0 fully saturated rings. The minimum Gasteiger partial charge on any atom is -0.396 e. The van der Waals surface area contributed by atoms with Crippen LogP contribution in [-0.2, 0) is 0 Å². The highest BCUT2D eigenvalue weighted by Crippen LogP contribution is 2.31. The van der Waals surface area contributed by atoms with Gasteiger partial charge in [0.25, 0.3) is 5.91 Å². The molecule has 4 nitrogen and oxygen atoms in total. The summed E-state index contributed by atoms with van der Waals surface area (Å²) in [5.41, 5.74) is 13.6. The number of carbonyl (C=O) groups is 1. The predicted molar refractivity (Wildman–Crippen MR) is 80.9 cm³/mol. The van der Waals surface area contributed by atoms with Crippen LogP contribution >= 0.6 is 11.8 Å². The van der Waals surface area contributed by atoms with Crippen molar-refractivity contribution in [2.75, 3.05) is 17.3 Å². The van der Waals surface area contributed by atoms with E-state index in [1.54, 1.807) is 23.9 Å². The van der Waals surface area contributed by atoms with Crippen molar-refractivity contribution in [2.45, 2.75) is 4.90 Å². The smallest absolute Gasteiger partial charge is 0.250 e. The van der Waals surface area contributed by atoms with Crippen molar-refractivity contribution in [3.63, 3.8) is 0 Å². The molecule has 0 aromatic heterocycles. The van der Waals surface area contributed by atoms with Crippen molar-refractivity contribution in [3.8, 4) is 0 Å². The summed E-state index contributed by atoms with van der Waals surface area (Å²) in [6.07, 6.45) is 2.00. The first-order chi connectivity index (χ1) is 9.13. The van der Waals surface area contributed by atoms with E-state index < -0.39 is 5.91 Å². The van der Waals surface area contributed by atoms with Crippen LogP contribution in [0.25, 0.3) is 0 Å². The van der Waals surface area contributed by atoms with Crippen LogP contribution in [0.3, 0.4) is 0 Å². The lowest BCUT2D eigenvalue weighted by atomic mass is 10.1. The number of primary amides is 1. The maximum Gasteiger partial charge on any atom is 0.250 e. The van der Waals surface area contributed by atoms with Gasteiger partial charge in [0.2, 0.25) is 0 Å². The second-order valence-electron chi connectivity index (χ2n) is 3.96. The molecule has 2 aromatic rings. The third kappa shape index (κ3) is 2.82. The van der Waals surface area contributed by atoms with E-state index >= 15 is 0 Å². The van der Waals surface area contributed by atoms with Gasteiger partial charge in [-0.3, -0.25) is 4.79 Å². The van der Waals surface area contributed by atoms with Gasteiger partial charge in [0.05, 0.1) is 22.6 Å². The number of nitrogen functional groups attached to an aromatic ring is 1. The van der Waals surface area contributed by atoms with Crippen LogP contribution in [0.2, 0.25) is 0 Å². The van der Waals surface area contributed by atoms with E-state index in [2.05, 4.69) is 5.32 Å². The van der Waals surface area contributed by atoms with Gasteiger partial charge >= 0.3 is 0 Å². The maximum atomic E-state index is 11.3. The average Bonchev–Trinajstić information content (AvgIpc) is 2.41. The van der Waals surface area contributed by atoms with Gasteiger partial charge in [-0.1, -0.05) is 18.2 Å². The fourth-order valence-electron chi connectivity index (χ4n) is 1.78. The molecule has 0 spiro atoms. The van der Waals surface area contributed by atoms with Crippen molar-refractivity contribution in [2.24, 2.45) is 5.73 Å². The molecule has 2 aromatic carbocycles. The SMILES string of the molecule is CSc1ccccc1Nc1cccc(C(N)=O)c1N. The molecule has 1 amide bonds. The normalized spacial score (nSPS) is 10.2. The number of thioether (sulfide) groups is 1. The van der Waals surface area contributed by atoms with Crippen LogP contribution in [0, 0.1) is 0 Å². The standard InChI is InChI=1S/C14H15N3OS/c1-19-12-8-3-2-6-10(12)17-11-7-4-5-9(13(11)15)14(16)18/h2-8,17H,15H2,1H3,(H2,16,18). The van der Waals surface area contributed by atoms with Gasteiger partial charge in [-0.15, -0.1) is 11.8 Å². The number of benzene rings is 2. The Bertz CT molecular complexity index is 613. The fraction of sp³-hybridized carbons (Fsp3) is 0.0714. The van der Waals surface area contributed by atoms with Crippen molar-refractivity contribution in [1.29, 1.82) is 0 Å². The number of carbonyl (C=O) groups excluding carboxylic acids is 1. The summed E-state index contributed by atoms with van der Waals surface area (Å²) in [5, 5.41) is 3.23. The molecule has 0 saturated carbocycles. The Hall–Kier alpha value is -2.14. The number of nitrogens with one attached hydrogen (secondary N) is 1. The molecule has 5 heteroatoms. The summed E-state index contributed by atoms with van der Waals surface area (Å²) in [4.78, 5) is 12.4. The summed E-state index contributed by atoms with van der Waals surface area (Å²) >= 11 is 1.64. The van der Waals surface area contributed by atoms with E-state index in [1.807, 2.05) is 36.6 Å². The number of nitrogens with two attached hydrogens (primary N) is 2. The quantitative estimate of drug-likeness (QED) is 0.591. The average molecular weight is 273 g/mol. The number of para-hydroxylation sites is 2. The maximum absolute atomic E-state index is 11.3. The van der Waals surface area contributed by atoms with Crippen LogP contribution in [0.1, 0.15) is 10.4 Å².